The van der Waals surface area contributed by atoms with Crippen LogP contribution in [0.4, 0.5) is 0 Å². The second-order valence-electron chi connectivity index (χ2n) is 13.3. The Morgan fingerprint density at radius 1 is 1.00 bits per heavy atom. The molecule has 53 heavy (non-hydrogen) atoms. The van der Waals surface area contributed by atoms with Crippen molar-refractivity contribution in [3.8, 4) is 5.75 Å². The van der Waals surface area contributed by atoms with E-state index < -0.39 is 48.3 Å². The van der Waals surface area contributed by atoms with Crippen molar-refractivity contribution in [3.63, 3.8) is 0 Å². The molecule has 0 saturated heterocycles. The molecule has 14 heteroatoms. The predicted octanol–water partition coefficient (Wildman–Crippen LogP) is 2.06. The highest BCUT2D eigenvalue weighted by molar-refractivity contribution is 5.98. The minimum absolute atomic E-state index is 0.0322. The van der Waals surface area contributed by atoms with E-state index >= 15 is 0 Å². The summed E-state index contributed by atoms with van der Waals surface area (Å²) in [6.45, 7) is 5.50. The van der Waals surface area contributed by atoms with Crippen LogP contribution in [0.25, 0.3) is 10.9 Å². The Bertz CT molecular complexity index is 1910. The smallest absolute Gasteiger partial charge is 0.270 e. The Labute approximate surface area is 308 Å². The number of carbonyl (C=O) groups is 5. The zero-order chi connectivity index (χ0) is 37.9. The topological polar surface area (TPSA) is 184 Å². The molecular formula is C39H47N7O7. The molecule has 280 valence electrons. The fourth-order valence-electron chi connectivity index (χ4n) is 6.13. The molecule has 6 rings (SSSR count). The van der Waals surface area contributed by atoms with Gasteiger partial charge in [-0.15, -0.1) is 0 Å². The SMILES string of the molecule is COCCN1CC(=O)N[C@@H](C(C)C)C(=O)NCCOc2ccc(cc2)C[C@H](NC(=O)c2cccc(C)n2)C(=O)N[C@@H](Cc2c[nH]c3ccccc23)C1=O. The number of fused-ring (bicyclic) bond motifs is 18. The van der Waals surface area contributed by atoms with Gasteiger partial charge in [-0.25, -0.2) is 4.98 Å². The maximum atomic E-state index is 14.5. The summed E-state index contributed by atoms with van der Waals surface area (Å²) in [6, 6.07) is 16.5. The quantitative estimate of drug-likeness (QED) is 0.171. The van der Waals surface area contributed by atoms with Gasteiger partial charge < -0.3 is 40.6 Å². The molecular weight excluding hydrogens is 678 g/mol. The summed E-state index contributed by atoms with van der Waals surface area (Å²) in [7, 11) is 1.48. The van der Waals surface area contributed by atoms with Gasteiger partial charge in [0.25, 0.3) is 5.91 Å². The van der Waals surface area contributed by atoms with Crippen LogP contribution in [0.3, 0.4) is 0 Å². The molecule has 3 atom stereocenters. The number of nitrogens with zero attached hydrogens (tertiary/aromatic N) is 2. The normalized spacial score (nSPS) is 19.3. The molecule has 0 saturated carbocycles. The van der Waals surface area contributed by atoms with Gasteiger partial charge in [-0.3, -0.25) is 24.0 Å². The fourth-order valence-corrected chi connectivity index (χ4v) is 6.13. The monoisotopic (exact) mass is 725 g/mol. The molecule has 2 aromatic carbocycles. The second-order valence-corrected chi connectivity index (χ2v) is 13.3. The minimum Gasteiger partial charge on any atom is -0.492 e. The lowest BCUT2D eigenvalue weighted by atomic mass is 10.0. The van der Waals surface area contributed by atoms with Crippen LogP contribution in [0.1, 0.15) is 41.2 Å². The number of aromatic nitrogens is 2. The van der Waals surface area contributed by atoms with E-state index in [0.29, 0.717) is 11.4 Å². The summed E-state index contributed by atoms with van der Waals surface area (Å²) >= 11 is 0. The highest BCUT2D eigenvalue weighted by atomic mass is 16.5. The van der Waals surface area contributed by atoms with Gasteiger partial charge in [0.05, 0.1) is 19.7 Å². The molecule has 4 aromatic rings. The van der Waals surface area contributed by atoms with Crippen LogP contribution in [0.5, 0.6) is 5.75 Å². The Kier molecular flexibility index (Phi) is 13.2. The summed E-state index contributed by atoms with van der Waals surface area (Å²) in [6.07, 6.45) is 1.94. The first kappa shape index (κ1) is 38.5. The number of nitrogens with one attached hydrogen (secondary N) is 5. The third-order valence-corrected chi connectivity index (χ3v) is 8.97. The highest BCUT2D eigenvalue weighted by Gasteiger charge is 2.33. The van der Waals surface area contributed by atoms with Gasteiger partial charge in [0, 0.05) is 49.3 Å². The van der Waals surface area contributed by atoms with Gasteiger partial charge >= 0.3 is 0 Å². The Hall–Kier alpha value is -5.76. The molecule has 0 aliphatic carbocycles. The zero-order valence-electron chi connectivity index (χ0n) is 30.4. The largest absolute Gasteiger partial charge is 0.492 e. The number of aromatic amines is 1. The number of hydrogen-bond donors (Lipinski definition) is 5. The maximum Gasteiger partial charge on any atom is 0.270 e. The van der Waals surface area contributed by atoms with Crippen molar-refractivity contribution < 1.29 is 33.4 Å². The summed E-state index contributed by atoms with van der Waals surface area (Å²) in [5.41, 5.74) is 3.11. The number of amides is 5. The number of aryl methyl sites for hydroxylation is 1. The van der Waals surface area contributed by atoms with Gasteiger partial charge in [0.2, 0.25) is 23.6 Å². The number of hydrogen-bond acceptors (Lipinski definition) is 8. The molecule has 14 nitrogen and oxygen atoms in total. The predicted molar refractivity (Wildman–Crippen MR) is 198 cm³/mol. The lowest BCUT2D eigenvalue weighted by Crippen LogP contribution is -2.58. The number of ether oxygens (including phenoxy) is 2. The third-order valence-electron chi connectivity index (χ3n) is 8.97. The van der Waals surface area contributed by atoms with Crippen molar-refractivity contribution in [3.05, 3.63) is 95.4 Å². The molecule has 4 heterocycles. The Morgan fingerprint density at radius 2 is 1.77 bits per heavy atom. The van der Waals surface area contributed by atoms with Crippen LogP contribution in [-0.2, 0) is 36.8 Å². The van der Waals surface area contributed by atoms with E-state index in [9.17, 15) is 24.0 Å². The molecule has 2 aliphatic rings. The first-order valence-corrected chi connectivity index (χ1v) is 17.7. The zero-order valence-corrected chi connectivity index (χ0v) is 30.4. The van der Waals surface area contributed by atoms with E-state index in [1.165, 1.54) is 12.0 Å². The van der Waals surface area contributed by atoms with E-state index in [-0.39, 0.29) is 56.7 Å². The second kappa shape index (κ2) is 18.1. The first-order valence-electron chi connectivity index (χ1n) is 17.7. The van der Waals surface area contributed by atoms with E-state index in [1.807, 2.05) is 38.1 Å². The Balaban J connectivity index is 1.53. The van der Waals surface area contributed by atoms with Crippen molar-refractivity contribution in [2.75, 3.05) is 40.0 Å². The van der Waals surface area contributed by atoms with Crippen molar-refractivity contribution in [1.82, 2.24) is 36.1 Å². The van der Waals surface area contributed by atoms with E-state index in [4.69, 9.17) is 9.47 Å². The van der Waals surface area contributed by atoms with Gasteiger partial charge in [-0.1, -0.05) is 50.2 Å². The van der Waals surface area contributed by atoms with Gasteiger partial charge in [-0.2, -0.15) is 0 Å². The number of para-hydroxylation sites is 1. The molecule has 2 aliphatic heterocycles. The standard InChI is InChI=1S/C39H47N7O7/c1-24(2)35-38(50)40-16-18-53-28-14-12-26(13-15-28)20-32(43-36(48)31-11-7-8-25(3)42-31)37(49)44-33(21-27-22-41-30-10-6-5-9-29(27)30)39(51)46(17-19-52-4)23-34(47)45-35/h5-15,22,24,32-33,35,41H,16-21,23H2,1-4H3,(H,40,50)(H,43,48)(H,44,49)(H,45,47)/t32-,33-,35-/m0/s1. The molecule has 0 spiro atoms. The molecule has 0 radical (unpaired) electrons. The number of carbonyl (C=O) groups excluding carboxylic acids is 5. The average Bonchev–Trinajstić information content (AvgIpc) is 3.55. The number of methoxy groups -OCH3 is 1. The van der Waals surface area contributed by atoms with Gasteiger partial charge in [0.1, 0.15) is 36.2 Å². The number of benzene rings is 2. The van der Waals surface area contributed by atoms with E-state index in [1.54, 1.807) is 55.6 Å². The molecule has 5 amide bonds. The third kappa shape index (κ3) is 10.4. The van der Waals surface area contributed by atoms with Crippen LogP contribution in [0.15, 0.2) is 72.9 Å². The number of H-pyrrole nitrogens is 1. The summed E-state index contributed by atoms with van der Waals surface area (Å²) in [4.78, 5) is 77.8. The van der Waals surface area contributed by atoms with E-state index in [2.05, 4.69) is 31.2 Å². The lowest BCUT2D eigenvalue weighted by molar-refractivity contribution is -0.141. The van der Waals surface area contributed by atoms with Crippen LogP contribution in [0.2, 0.25) is 0 Å². The van der Waals surface area contributed by atoms with Gasteiger partial charge in [-0.05, 0) is 54.3 Å². The van der Waals surface area contributed by atoms with Crippen molar-refractivity contribution in [1.29, 1.82) is 0 Å². The summed E-state index contributed by atoms with van der Waals surface area (Å²) in [5.74, 6) is -2.35. The van der Waals surface area contributed by atoms with E-state index in [0.717, 1.165) is 22.0 Å². The number of pyridine rings is 1. The summed E-state index contributed by atoms with van der Waals surface area (Å²) in [5, 5.41) is 12.2. The molecule has 0 unspecified atom stereocenters. The van der Waals surface area contributed by atoms with Crippen LogP contribution >= 0.6 is 0 Å². The first-order chi connectivity index (χ1) is 25.5. The Morgan fingerprint density at radius 3 is 2.51 bits per heavy atom. The molecule has 0 fully saturated rings. The summed E-state index contributed by atoms with van der Waals surface area (Å²) < 4.78 is 11.1. The molecule has 5 N–H and O–H groups in total. The van der Waals surface area contributed by atoms with Crippen molar-refractivity contribution >= 4 is 40.4 Å². The maximum absolute atomic E-state index is 14.5. The molecule has 2 aromatic heterocycles. The van der Waals surface area contributed by atoms with Crippen LogP contribution in [0, 0.1) is 12.8 Å². The minimum atomic E-state index is -1.16. The molecule has 2 bridgehead atoms. The lowest BCUT2D eigenvalue weighted by Gasteiger charge is -2.30. The van der Waals surface area contributed by atoms with Crippen molar-refractivity contribution in [2.24, 2.45) is 5.92 Å². The van der Waals surface area contributed by atoms with Crippen LogP contribution < -0.4 is 26.0 Å². The fraction of sp³-hybridized carbons (Fsp3) is 0.385. The number of rotatable bonds is 8. The average molecular weight is 726 g/mol. The van der Waals surface area contributed by atoms with Gasteiger partial charge in [0.15, 0.2) is 0 Å². The van der Waals surface area contributed by atoms with Crippen LogP contribution in [-0.4, -0.2) is 102 Å². The highest BCUT2D eigenvalue weighted by Crippen LogP contribution is 2.20. The van der Waals surface area contributed by atoms with Crippen molar-refractivity contribution in [2.45, 2.75) is 51.7 Å².